The molecule has 1 aliphatic heterocycles. The van der Waals surface area contributed by atoms with Gasteiger partial charge in [-0.1, -0.05) is 0 Å². The van der Waals surface area contributed by atoms with E-state index in [0.717, 1.165) is 4.88 Å². The van der Waals surface area contributed by atoms with E-state index in [2.05, 4.69) is 4.98 Å². The minimum atomic E-state index is -0.139. The van der Waals surface area contributed by atoms with Crippen molar-refractivity contribution in [1.82, 2.24) is 4.98 Å². The third-order valence-electron chi connectivity index (χ3n) is 1.82. The molecule has 0 radical (unpaired) electrons. The maximum Gasteiger partial charge on any atom is 0.236 e. The molecule has 1 aromatic rings. The van der Waals surface area contributed by atoms with Gasteiger partial charge >= 0.3 is 0 Å². The van der Waals surface area contributed by atoms with Gasteiger partial charge in [-0.3, -0.25) is 14.5 Å². The van der Waals surface area contributed by atoms with Crippen molar-refractivity contribution in [3.05, 3.63) is 11.1 Å². The second-order valence-corrected chi connectivity index (χ2v) is 4.16. The van der Waals surface area contributed by atoms with Crippen molar-refractivity contribution in [3.8, 4) is 0 Å². The normalized spacial score (nSPS) is 17.2. The number of rotatable bonds is 1. The van der Waals surface area contributed by atoms with Crippen molar-refractivity contribution >= 4 is 28.2 Å². The van der Waals surface area contributed by atoms with Gasteiger partial charge in [0.25, 0.3) is 0 Å². The molecule has 1 fully saturated rings. The largest absolute Gasteiger partial charge is 0.297 e. The Morgan fingerprint density at radius 3 is 2.77 bits per heavy atom. The maximum absolute atomic E-state index is 11.3. The van der Waals surface area contributed by atoms with Crippen LogP contribution in [-0.2, 0) is 9.59 Å². The highest BCUT2D eigenvalue weighted by molar-refractivity contribution is 7.15. The van der Waals surface area contributed by atoms with Crippen LogP contribution in [0.2, 0.25) is 0 Å². The summed E-state index contributed by atoms with van der Waals surface area (Å²) in [6, 6.07) is 0. The molecule has 0 aliphatic carbocycles. The molecule has 0 N–H and O–H groups in total. The van der Waals surface area contributed by atoms with E-state index in [1.807, 2.05) is 6.92 Å². The van der Waals surface area contributed by atoms with Crippen LogP contribution in [-0.4, -0.2) is 23.2 Å². The average Bonchev–Trinajstić information content (AvgIpc) is 2.58. The van der Waals surface area contributed by atoms with Crippen molar-refractivity contribution in [2.24, 2.45) is 0 Å². The third kappa shape index (κ3) is 1.47. The molecule has 1 amide bonds. The number of nitrogens with zero attached hydrogens (tertiary/aromatic N) is 2. The van der Waals surface area contributed by atoms with Gasteiger partial charge in [0.05, 0.1) is 13.0 Å². The Morgan fingerprint density at radius 2 is 2.31 bits per heavy atom. The van der Waals surface area contributed by atoms with Crippen molar-refractivity contribution in [2.75, 3.05) is 11.4 Å². The van der Waals surface area contributed by atoms with Crippen LogP contribution in [0, 0.1) is 6.92 Å². The van der Waals surface area contributed by atoms with Crippen LogP contribution in [0.3, 0.4) is 0 Å². The van der Waals surface area contributed by atoms with Crippen molar-refractivity contribution < 1.29 is 9.59 Å². The Labute approximate surface area is 79.2 Å². The Morgan fingerprint density at radius 1 is 1.54 bits per heavy atom. The molecular formula is C8H8N2O2S. The van der Waals surface area contributed by atoms with Crippen LogP contribution in [0.5, 0.6) is 0 Å². The van der Waals surface area contributed by atoms with Crippen LogP contribution in [0.25, 0.3) is 0 Å². The number of amides is 1. The fraction of sp³-hybridized carbons (Fsp3) is 0.375. The van der Waals surface area contributed by atoms with E-state index in [4.69, 9.17) is 0 Å². The summed E-state index contributed by atoms with van der Waals surface area (Å²) in [5, 5.41) is 0.633. The number of carbonyl (C=O) groups is 2. The summed E-state index contributed by atoms with van der Waals surface area (Å²) in [7, 11) is 0. The molecule has 1 saturated heterocycles. The minimum Gasteiger partial charge on any atom is -0.297 e. The molecule has 2 rings (SSSR count). The minimum absolute atomic E-state index is 0.0264. The van der Waals surface area contributed by atoms with Crippen molar-refractivity contribution in [3.63, 3.8) is 0 Å². The van der Waals surface area contributed by atoms with Gasteiger partial charge in [0.2, 0.25) is 5.91 Å². The van der Waals surface area contributed by atoms with E-state index in [1.54, 1.807) is 6.20 Å². The van der Waals surface area contributed by atoms with Gasteiger partial charge in [0.1, 0.15) is 0 Å². The first kappa shape index (κ1) is 8.37. The smallest absolute Gasteiger partial charge is 0.236 e. The van der Waals surface area contributed by atoms with Crippen LogP contribution in [0.15, 0.2) is 6.20 Å². The number of hydrogen-bond donors (Lipinski definition) is 0. The van der Waals surface area contributed by atoms with E-state index in [0.29, 0.717) is 5.13 Å². The first-order valence-electron chi connectivity index (χ1n) is 3.91. The highest BCUT2D eigenvalue weighted by Gasteiger charge is 2.30. The van der Waals surface area contributed by atoms with E-state index in [9.17, 15) is 9.59 Å². The van der Waals surface area contributed by atoms with Crippen LogP contribution in [0.4, 0.5) is 5.13 Å². The highest BCUT2D eigenvalue weighted by Crippen LogP contribution is 2.24. The molecule has 4 nitrogen and oxygen atoms in total. The zero-order valence-electron chi connectivity index (χ0n) is 7.11. The van der Waals surface area contributed by atoms with Crippen LogP contribution < -0.4 is 4.90 Å². The number of carbonyl (C=O) groups excluding carboxylic acids is 2. The number of hydrogen-bond acceptors (Lipinski definition) is 4. The molecule has 0 atom stereocenters. The van der Waals surface area contributed by atoms with E-state index in [1.165, 1.54) is 16.2 Å². The monoisotopic (exact) mass is 196 g/mol. The van der Waals surface area contributed by atoms with E-state index in [-0.39, 0.29) is 24.7 Å². The van der Waals surface area contributed by atoms with Crippen LogP contribution in [0.1, 0.15) is 11.3 Å². The summed E-state index contributed by atoms with van der Waals surface area (Å²) < 4.78 is 0. The molecule has 0 spiro atoms. The first-order valence-corrected chi connectivity index (χ1v) is 4.73. The Balaban J connectivity index is 2.27. The number of aryl methyl sites for hydroxylation is 1. The SMILES string of the molecule is Cc1cnc(N2CC(=O)CC2=O)s1. The summed E-state index contributed by atoms with van der Waals surface area (Å²) in [6.45, 7) is 2.11. The topological polar surface area (TPSA) is 50.3 Å². The zero-order valence-corrected chi connectivity index (χ0v) is 7.93. The Kier molecular flexibility index (Phi) is 1.88. The van der Waals surface area contributed by atoms with Gasteiger partial charge in [0, 0.05) is 11.1 Å². The van der Waals surface area contributed by atoms with Gasteiger partial charge in [-0.05, 0) is 6.92 Å². The van der Waals surface area contributed by atoms with E-state index >= 15 is 0 Å². The quantitative estimate of drug-likeness (QED) is 0.623. The molecule has 0 aromatic carbocycles. The van der Waals surface area contributed by atoms with Gasteiger partial charge in [-0.15, -0.1) is 11.3 Å². The lowest BCUT2D eigenvalue weighted by atomic mass is 10.3. The highest BCUT2D eigenvalue weighted by atomic mass is 32.1. The molecule has 1 aromatic heterocycles. The summed E-state index contributed by atoms with van der Waals surface area (Å²) >= 11 is 1.43. The lowest BCUT2D eigenvalue weighted by molar-refractivity contribution is -0.121. The number of aromatic nitrogens is 1. The molecule has 13 heavy (non-hydrogen) atoms. The number of thiazole rings is 1. The zero-order chi connectivity index (χ0) is 9.42. The summed E-state index contributed by atoms with van der Waals surface area (Å²) in [5.41, 5.74) is 0. The van der Waals surface area contributed by atoms with Gasteiger partial charge in [-0.25, -0.2) is 4.98 Å². The van der Waals surface area contributed by atoms with Gasteiger partial charge < -0.3 is 0 Å². The third-order valence-corrected chi connectivity index (χ3v) is 2.76. The Bertz CT molecular complexity index is 372. The predicted octanol–water partition coefficient (Wildman–Crippen LogP) is 0.757. The molecule has 0 bridgehead atoms. The Hall–Kier alpha value is -1.23. The van der Waals surface area contributed by atoms with Crippen molar-refractivity contribution in [1.29, 1.82) is 0 Å². The first-order chi connectivity index (χ1) is 6.16. The van der Waals surface area contributed by atoms with Crippen LogP contribution >= 0.6 is 11.3 Å². The summed E-state index contributed by atoms with van der Waals surface area (Å²) in [6.07, 6.45) is 1.73. The lowest BCUT2D eigenvalue weighted by Crippen LogP contribution is -2.24. The second-order valence-electron chi connectivity index (χ2n) is 2.95. The summed E-state index contributed by atoms with van der Waals surface area (Å²) in [4.78, 5) is 28.8. The van der Waals surface area contributed by atoms with E-state index < -0.39 is 0 Å². The average molecular weight is 196 g/mol. The van der Waals surface area contributed by atoms with Gasteiger partial charge in [-0.2, -0.15) is 0 Å². The molecular weight excluding hydrogens is 188 g/mol. The number of anilines is 1. The predicted molar refractivity (Wildman–Crippen MR) is 48.8 cm³/mol. The molecule has 0 saturated carbocycles. The second kappa shape index (κ2) is 2.92. The molecule has 2 heterocycles. The molecule has 5 heteroatoms. The molecule has 68 valence electrons. The molecule has 0 unspecified atom stereocenters. The number of ketones is 1. The fourth-order valence-electron chi connectivity index (χ4n) is 1.23. The molecule has 1 aliphatic rings. The summed E-state index contributed by atoms with van der Waals surface area (Å²) in [5.74, 6) is -0.169. The maximum atomic E-state index is 11.3. The van der Waals surface area contributed by atoms with Gasteiger partial charge in [0.15, 0.2) is 10.9 Å². The number of Topliss-reactive ketones (excluding diaryl/α,β-unsaturated/α-hetero) is 1. The van der Waals surface area contributed by atoms with Crippen molar-refractivity contribution in [2.45, 2.75) is 13.3 Å². The lowest BCUT2D eigenvalue weighted by Gasteiger charge is -2.08. The standard InChI is InChI=1S/C8H8N2O2S/c1-5-3-9-8(13-5)10-4-6(11)2-7(10)12/h3H,2,4H2,1H3. The fourth-order valence-corrected chi connectivity index (χ4v) is 2.00.